The van der Waals surface area contributed by atoms with Crippen molar-refractivity contribution < 1.29 is 9.90 Å². The average molecular weight is 600 g/mol. The quantitative estimate of drug-likeness (QED) is 0.247. The van der Waals surface area contributed by atoms with Gasteiger partial charge < -0.3 is 16.2 Å². The van der Waals surface area contributed by atoms with Crippen molar-refractivity contribution in [3.8, 4) is 5.00 Å². The Morgan fingerprint density at radius 1 is 1.18 bits per heavy atom. The van der Waals surface area contributed by atoms with Crippen LogP contribution < -0.4 is 11.1 Å². The van der Waals surface area contributed by atoms with Gasteiger partial charge in [-0.2, -0.15) is 0 Å². The molecule has 1 amide bonds. The van der Waals surface area contributed by atoms with Crippen LogP contribution in [0.4, 0.5) is 5.69 Å². The number of hydrogen-bond acceptors (Lipinski definition) is 7. The standard InChI is InChI=1S/C29H31ClN6O2S.ClH/c1-16-17(2)39-29-26(16)27(20-8-10-21(30)11-9-20)33-24(28-35-34-18(3)36(28)29)14-25(38)32-23-6-4-5-19(13-23)7-12-22(31)15-37;/h4-6,8-11,13,22,24,37H,7,12,14-15,31H2,1-3H3,(H,32,38);1H/t22?,24-;/m0./s1. The summed E-state index contributed by atoms with van der Waals surface area (Å²) < 4.78 is 2.04. The Balaban J connectivity index is 0.00000370. The summed E-state index contributed by atoms with van der Waals surface area (Å²) in [6, 6.07) is 14.5. The minimum Gasteiger partial charge on any atom is -0.395 e. The van der Waals surface area contributed by atoms with Gasteiger partial charge in [-0.05, 0) is 69.0 Å². The van der Waals surface area contributed by atoms with Gasteiger partial charge in [-0.1, -0.05) is 35.9 Å². The molecule has 40 heavy (non-hydrogen) atoms. The third-order valence-electron chi connectivity index (χ3n) is 6.98. The lowest BCUT2D eigenvalue weighted by molar-refractivity contribution is -0.116. The first kappa shape index (κ1) is 29.9. The van der Waals surface area contributed by atoms with Crippen LogP contribution in [0.5, 0.6) is 0 Å². The number of aliphatic hydroxyl groups is 1. The highest BCUT2D eigenvalue weighted by molar-refractivity contribution is 7.15. The molecule has 8 nitrogen and oxygen atoms in total. The van der Waals surface area contributed by atoms with E-state index < -0.39 is 6.04 Å². The molecular formula is C29H32Cl2N6O2S. The number of benzene rings is 2. The Labute approximate surface area is 248 Å². The summed E-state index contributed by atoms with van der Waals surface area (Å²) in [7, 11) is 0. The molecule has 0 spiro atoms. The molecule has 3 heterocycles. The number of aromatic nitrogens is 3. The van der Waals surface area contributed by atoms with Gasteiger partial charge in [0.2, 0.25) is 5.91 Å². The molecule has 0 fully saturated rings. The van der Waals surface area contributed by atoms with Crippen LogP contribution in [0, 0.1) is 20.8 Å². The summed E-state index contributed by atoms with van der Waals surface area (Å²) in [6.45, 7) is 6.07. The minimum absolute atomic E-state index is 0. The molecule has 0 radical (unpaired) electrons. The first-order valence-corrected chi connectivity index (χ1v) is 14.1. The van der Waals surface area contributed by atoms with Gasteiger partial charge in [0.1, 0.15) is 16.9 Å². The largest absolute Gasteiger partial charge is 0.395 e. The number of aliphatic imine (C=N–C) groups is 1. The van der Waals surface area contributed by atoms with Crippen molar-refractivity contribution >= 4 is 52.7 Å². The lowest BCUT2D eigenvalue weighted by Gasteiger charge is -2.14. The van der Waals surface area contributed by atoms with Gasteiger partial charge in [0.05, 0.1) is 18.7 Å². The van der Waals surface area contributed by atoms with Crippen LogP contribution in [0.3, 0.4) is 0 Å². The summed E-state index contributed by atoms with van der Waals surface area (Å²) in [5.41, 5.74) is 11.5. The summed E-state index contributed by atoms with van der Waals surface area (Å²) in [5.74, 6) is 1.22. The van der Waals surface area contributed by atoms with E-state index in [1.165, 1.54) is 4.88 Å². The second-order valence-corrected chi connectivity index (χ2v) is 11.5. The maximum atomic E-state index is 13.3. The molecular weight excluding hydrogens is 567 g/mol. The van der Waals surface area contributed by atoms with Crippen molar-refractivity contribution in [3.63, 3.8) is 0 Å². The zero-order valence-electron chi connectivity index (χ0n) is 22.5. The van der Waals surface area contributed by atoms with E-state index in [2.05, 4.69) is 29.4 Å². The third kappa shape index (κ3) is 6.14. The molecule has 1 aliphatic rings. The predicted octanol–water partition coefficient (Wildman–Crippen LogP) is 5.50. The molecule has 0 bridgehead atoms. The van der Waals surface area contributed by atoms with Gasteiger partial charge in [-0.3, -0.25) is 14.4 Å². The fourth-order valence-corrected chi connectivity index (χ4v) is 6.11. The molecule has 0 saturated carbocycles. The molecule has 4 N–H and O–H groups in total. The molecule has 4 aromatic rings. The number of nitrogens with two attached hydrogens (primary N) is 1. The van der Waals surface area contributed by atoms with Crippen LogP contribution in [0.2, 0.25) is 5.02 Å². The van der Waals surface area contributed by atoms with Crippen LogP contribution in [-0.2, 0) is 11.2 Å². The van der Waals surface area contributed by atoms with Gasteiger partial charge in [0.25, 0.3) is 0 Å². The molecule has 2 aromatic carbocycles. The average Bonchev–Trinajstić information content (AvgIpc) is 3.40. The second kappa shape index (κ2) is 12.6. The van der Waals surface area contributed by atoms with Crippen molar-refractivity contribution in [2.75, 3.05) is 11.9 Å². The number of fused-ring (bicyclic) bond motifs is 3. The minimum atomic E-state index is -0.540. The number of nitrogens with one attached hydrogen (secondary N) is 1. The second-order valence-electron chi connectivity index (χ2n) is 9.84. The maximum absolute atomic E-state index is 13.3. The Morgan fingerprint density at radius 2 is 1.93 bits per heavy atom. The molecule has 0 saturated heterocycles. The van der Waals surface area contributed by atoms with Gasteiger partial charge in [0.15, 0.2) is 5.82 Å². The molecule has 1 aliphatic heterocycles. The fourth-order valence-electron chi connectivity index (χ4n) is 4.77. The van der Waals surface area contributed by atoms with Crippen molar-refractivity contribution in [2.24, 2.45) is 10.7 Å². The molecule has 210 valence electrons. The van der Waals surface area contributed by atoms with Crippen LogP contribution in [0.25, 0.3) is 5.00 Å². The topological polar surface area (TPSA) is 118 Å². The highest BCUT2D eigenvalue weighted by atomic mass is 35.5. The summed E-state index contributed by atoms with van der Waals surface area (Å²) in [4.78, 5) is 19.7. The number of amides is 1. The van der Waals surface area contributed by atoms with E-state index in [9.17, 15) is 9.90 Å². The number of thiophene rings is 1. The number of aryl methyl sites for hydroxylation is 3. The Bertz CT molecular complexity index is 1550. The first-order valence-electron chi connectivity index (χ1n) is 12.9. The molecule has 5 rings (SSSR count). The lowest BCUT2D eigenvalue weighted by atomic mass is 9.99. The van der Waals surface area contributed by atoms with Crippen LogP contribution >= 0.6 is 35.3 Å². The fraction of sp³-hybridized carbons (Fsp3) is 0.310. The number of carbonyl (C=O) groups excluding carboxylic acids is 1. The smallest absolute Gasteiger partial charge is 0.227 e. The third-order valence-corrected chi connectivity index (χ3v) is 8.43. The van der Waals surface area contributed by atoms with Gasteiger partial charge in [0, 0.05) is 32.8 Å². The van der Waals surface area contributed by atoms with E-state index >= 15 is 0 Å². The number of halogens is 2. The lowest BCUT2D eigenvalue weighted by Crippen LogP contribution is -2.24. The molecule has 1 unspecified atom stereocenters. The first-order chi connectivity index (χ1) is 18.7. The van der Waals surface area contributed by atoms with Crippen LogP contribution in [-0.4, -0.2) is 44.1 Å². The highest BCUT2D eigenvalue weighted by Crippen LogP contribution is 2.39. The molecule has 11 heteroatoms. The summed E-state index contributed by atoms with van der Waals surface area (Å²) in [6.07, 6.45) is 1.48. The van der Waals surface area contributed by atoms with E-state index in [0.717, 1.165) is 38.8 Å². The maximum Gasteiger partial charge on any atom is 0.227 e. The van der Waals surface area contributed by atoms with Gasteiger partial charge >= 0.3 is 0 Å². The van der Waals surface area contributed by atoms with E-state index in [1.807, 2.05) is 60.0 Å². The van der Waals surface area contributed by atoms with Crippen LogP contribution in [0.1, 0.15) is 57.7 Å². The molecule has 2 aromatic heterocycles. The monoisotopic (exact) mass is 598 g/mol. The molecule has 0 aliphatic carbocycles. The summed E-state index contributed by atoms with van der Waals surface area (Å²) >= 11 is 7.87. The van der Waals surface area contributed by atoms with Crippen molar-refractivity contribution in [3.05, 3.63) is 92.3 Å². The van der Waals surface area contributed by atoms with Crippen LogP contribution in [0.15, 0.2) is 53.5 Å². The van der Waals surface area contributed by atoms with E-state index in [1.54, 1.807) is 11.3 Å². The predicted molar refractivity (Wildman–Crippen MR) is 164 cm³/mol. The van der Waals surface area contributed by atoms with E-state index in [-0.39, 0.29) is 37.4 Å². The highest BCUT2D eigenvalue weighted by Gasteiger charge is 2.32. The van der Waals surface area contributed by atoms with Crippen molar-refractivity contribution in [2.45, 2.75) is 52.1 Å². The number of nitrogens with zero attached hydrogens (tertiary/aromatic N) is 4. The van der Waals surface area contributed by atoms with E-state index in [0.29, 0.717) is 29.4 Å². The zero-order chi connectivity index (χ0) is 27.7. The molecule has 2 atom stereocenters. The van der Waals surface area contributed by atoms with Crippen molar-refractivity contribution in [1.82, 2.24) is 14.8 Å². The Morgan fingerprint density at radius 3 is 2.65 bits per heavy atom. The normalized spacial score (nSPS) is 14.8. The number of aliphatic hydroxyl groups excluding tert-OH is 1. The number of hydrogen-bond donors (Lipinski definition) is 3. The summed E-state index contributed by atoms with van der Waals surface area (Å²) in [5, 5.41) is 22.7. The Kier molecular flexibility index (Phi) is 9.43. The zero-order valence-corrected chi connectivity index (χ0v) is 24.9. The van der Waals surface area contributed by atoms with Gasteiger partial charge in [-0.25, -0.2) is 0 Å². The van der Waals surface area contributed by atoms with Gasteiger partial charge in [-0.15, -0.1) is 33.9 Å². The van der Waals surface area contributed by atoms with Crippen molar-refractivity contribution in [1.29, 1.82) is 0 Å². The SMILES string of the molecule is Cc1sc2c(c1C)C(c1ccc(Cl)cc1)=N[C@@H](CC(=O)Nc1cccc(CCC(N)CO)c1)c1nnc(C)n1-2.Cl. The Hall–Kier alpha value is -3.08. The van der Waals surface area contributed by atoms with E-state index in [4.69, 9.17) is 22.3 Å². The number of carbonyl (C=O) groups is 1. The number of anilines is 1. The number of rotatable bonds is 8.